The Bertz CT molecular complexity index is 1270. The molecule has 0 saturated carbocycles. The summed E-state index contributed by atoms with van der Waals surface area (Å²) in [6.45, 7) is 0.848. The van der Waals surface area contributed by atoms with E-state index in [0.29, 0.717) is 30.5 Å². The summed E-state index contributed by atoms with van der Waals surface area (Å²) >= 11 is 0. The number of rotatable bonds is 3. The van der Waals surface area contributed by atoms with Crippen LogP contribution in [-0.2, 0) is 31.4 Å². The van der Waals surface area contributed by atoms with Crippen molar-refractivity contribution in [1.82, 2.24) is 39.2 Å². The monoisotopic (exact) mass is 390 g/mol. The third kappa shape index (κ3) is 2.89. The zero-order valence-electron chi connectivity index (χ0n) is 15.8. The molecule has 0 fully saturated rings. The molecule has 1 amide bonds. The molecule has 0 spiro atoms. The minimum absolute atomic E-state index is 0.0706. The lowest BCUT2D eigenvalue weighted by atomic mass is 10.1. The summed E-state index contributed by atoms with van der Waals surface area (Å²) in [5.74, 6) is -0.156. The van der Waals surface area contributed by atoms with Gasteiger partial charge in [-0.05, 0) is 12.1 Å². The predicted octanol–water partition coefficient (Wildman–Crippen LogP) is 0.296. The number of aryl methyl sites for hydroxylation is 1. The zero-order chi connectivity index (χ0) is 20.0. The largest absolute Gasteiger partial charge is 0.335 e. The van der Waals surface area contributed by atoms with Gasteiger partial charge in [-0.1, -0.05) is 23.4 Å². The number of aromatic nitrogens is 7. The average molecular weight is 390 g/mol. The number of nitrogens with zero attached hydrogens (tertiary/aromatic N) is 8. The van der Waals surface area contributed by atoms with Crippen LogP contribution >= 0.6 is 0 Å². The quantitative estimate of drug-likeness (QED) is 0.498. The lowest BCUT2D eigenvalue weighted by molar-refractivity contribution is -0.132. The fourth-order valence-corrected chi connectivity index (χ4v) is 3.62. The number of fused-ring (bicyclic) bond motifs is 2. The van der Waals surface area contributed by atoms with Gasteiger partial charge in [0.25, 0.3) is 5.56 Å². The highest BCUT2D eigenvalue weighted by atomic mass is 16.2. The van der Waals surface area contributed by atoms with E-state index in [2.05, 4.69) is 20.4 Å². The third-order valence-electron chi connectivity index (χ3n) is 5.18. The Morgan fingerprint density at radius 3 is 2.86 bits per heavy atom. The molecule has 0 aliphatic carbocycles. The van der Waals surface area contributed by atoms with E-state index in [1.54, 1.807) is 11.9 Å². The molecule has 0 unspecified atom stereocenters. The fraction of sp³-hybridized carbons (Fsp3) is 0.263. The van der Waals surface area contributed by atoms with E-state index in [9.17, 15) is 9.59 Å². The zero-order valence-corrected chi connectivity index (χ0v) is 15.8. The lowest BCUT2D eigenvalue weighted by Crippen LogP contribution is -2.40. The van der Waals surface area contributed by atoms with Crippen molar-refractivity contribution >= 4 is 16.9 Å². The highest BCUT2D eigenvalue weighted by Crippen LogP contribution is 2.20. The first-order valence-electron chi connectivity index (χ1n) is 9.25. The first-order valence-corrected chi connectivity index (χ1v) is 9.25. The second-order valence-electron chi connectivity index (χ2n) is 6.98. The molecule has 10 heteroatoms. The Morgan fingerprint density at radius 1 is 1.21 bits per heavy atom. The van der Waals surface area contributed by atoms with E-state index in [1.165, 1.54) is 21.8 Å². The van der Waals surface area contributed by atoms with Crippen LogP contribution in [0.4, 0.5) is 0 Å². The van der Waals surface area contributed by atoms with Gasteiger partial charge in [-0.15, -0.1) is 5.10 Å². The molecule has 0 N–H and O–H groups in total. The van der Waals surface area contributed by atoms with Crippen LogP contribution in [0.25, 0.3) is 16.7 Å². The number of hydrogen-bond acceptors (Lipinski definition) is 6. The van der Waals surface area contributed by atoms with Gasteiger partial charge in [-0.3, -0.25) is 18.8 Å². The Hall–Kier alpha value is -3.82. The first-order chi connectivity index (χ1) is 14.1. The van der Waals surface area contributed by atoms with E-state index in [0.717, 1.165) is 17.1 Å². The molecule has 4 heterocycles. The highest BCUT2D eigenvalue weighted by molar-refractivity contribution is 5.77. The lowest BCUT2D eigenvalue weighted by Gasteiger charge is -2.26. The van der Waals surface area contributed by atoms with E-state index in [-0.39, 0.29) is 18.0 Å². The van der Waals surface area contributed by atoms with Gasteiger partial charge in [0.05, 0.1) is 24.1 Å². The smallest absolute Gasteiger partial charge is 0.264 e. The third-order valence-corrected chi connectivity index (χ3v) is 5.18. The number of para-hydroxylation sites is 1. The van der Waals surface area contributed by atoms with E-state index in [1.807, 2.05) is 35.0 Å². The Labute approximate surface area is 165 Å². The minimum atomic E-state index is -0.274. The summed E-state index contributed by atoms with van der Waals surface area (Å²) in [5, 5.41) is 13.0. The molecular weight excluding hydrogens is 372 g/mol. The van der Waals surface area contributed by atoms with Crippen molar-refractivity contribution in [3.05, 3.63) is 64.6 Å². The molecule has 0 atom stereocenters. The van der Waals surface area contributed by atoms with E-state index >= 15 is 0 Å². The van der Waals surface area contributed by atoms with Gasteiger partial charge in [0.15, 0.2) is 5.65 Å². The number of carbonyl (C=O) groups is 1. The van der Waals surface area contributed by atoms with Crippen LogP contribution in [0.1, 0.15) is 11.4 Å². The second-order valence-corrected chi connectivity index (χ2v) is 6.98. The molecule has 0 saturated heterocycles. The Kier molecular flexibility index (Phi) is 3.97. The van der Waals surface area contributed by atoms with Gasteiger partial charge in [-0.25, -0.2) is 9.67 Å². The molecule has 0 radical (unpaired) electrons. The SMILES string of the molecule is Cn1ncc2c(=O)n(CC(=O)N3CCc4c(nnn4-c4ccccc4)C3)cnc21. The molecule has 3 aromatic heterocycles. The molecule has 1 aliphatic rings. The fourth-order valence-electron chi connectivity index (χ4n) is 3.62. The van der Waals surface area contributed by atoms with Gasteiger partial charge >= 0.3 is 0 Å². The molecule has 5 rings (SSSR count). The Balaban J connectivity index is 1.36. The number of amides is 1. The Morgan fingerprint density at radius 2 is 2.03 bits per heavy atom. The van der Waals surface area contributed by atoms with E-state index < -0.39 is 0 Å². The normalized spacial score (nSPS) is 13.6. The molecular formula is C19H18N8O2. The van der Waals surface area contributed by atoms with E-state index in [4.69, 9.17) is 0 Å². The minimum Gasteiger partial charge on any atom is -0.335 e. The van der Waals surface area contributed by atoms with Crippen LogP contribution in [0.15, 0.2) is 47.7 Å². The molecule has 1 aromatic carbocycles. The van der Waals surface area contributed by atoms with Crippen molar-refractivity contribution in [3.8, 4) is 5.69 Å². The van der Waals surface area contributed by atoms with Crippen molar-refractivity contribution in [2.75, 3.05) is 6.54 Å². The summed E-state index contributed by atoms with van der Waals surface area (Å²) in [7, 11) is 1.72. The van der Waals surface area contributed by atoms with Gasteiger partial charge in [0.1, 0.15) is 24.0 Å². The summed E-state index contributed by atoms with van der Waals surface area (Å²) in [6.07, 6.45) is 3.52. The molecule has 146 valence electrons. The highest BCUT2D eigenvalue weighted by Gasteiger charge is 2.26. The van der Waals surface area contributed by atoms with Crippen molar-refractivity contribution < 1.29 is 4.79 Å². The topological polar surface area (TPSA) is 104 Å². The number of carbonyl (C=O) groups excluding carboxylic acids is 1. The maximum atomic E-state index is 12.8. The van der Waals surface area contributed by atoms with Crippen LogP contribution in [0.3, 0.4) is 0 Å². The summed E-state index contributed by atoms with van der Waals surface area (Å²) in [5.41, 5.74) is 2.96. The molecule has 29 heavy (non-hydrogen) atoms. The van der Waals surface area contributed by atoms with Gasteiger partial charge in [0.2, 0.25) is 5.91 Å². The average Bonchev–Trinajstić information content (AvgIpc) is 3.34. The van der Waals surface area contributed by atoms with Gasteiger partial charge in [0, 0.05) is 20.0 Å². The molecule has 10 nitrogen and oxygen atoms in total. The molecule has 1 aliphatic heterocycles. The standard InChI is InChI=1S/C19H18N8O2/c1-24-18-14(9-21-24)19(29)26(12-20-18)11-17(28)25-8-7-16-15(10-25)22-23-27(16)13-5-3-2-4-6-13/h2-6,9,12H,7-8,10-11H2,1H3. The number of hydrogen-bond donors (Lipinski definition) is 0. The summed E-state index contributed by atoms with van der Waals surface area (Å²) in [6, 6.07) is 9.80. The molecule has 0 bridgehead atoms. The van der Waals surface area contributed by atoms with Gasteiger partial charge in [-0.2, -0.15) is 5.10 Å². The first kappa shape index (κ1) is 17.3. The second kappa shape index (κ2) is 6.66. The molecule has 4 aromatic rings. The van der Waals surface area contributed by atoms with Crippen molar-refractivity contribution in [2.45, 2.75) is 19.5 Å². The predicted molar refractivity (Wildman–Crippen MR) is 103 cm³/mol. The van der Waals surface area contributed by atoms with Crippen LogP contribution in [0, 0.1) is 0 Å². The van der Waals surface area contributed by atoms with Crippen molar-refractivity contribution in [3.63, 3.8) is 0 Å². The van der Waals surface area contributed by atoms with Crippen molar-refractivity contribution in [2.24, 2.45) is 7.05 Å². The van der Waals surface area contributed by atoms with Crippen LogP contribution < -0.4 is 5.56 Å². The van der Waals surface area contributed by atoms with Crippen LogP contribution in [-0.4, -0.2) is 51.7 Å². The maximum Gasteiger partial charge on any atom is 0.264 e. The van der Waals surface area contributed by atoms with Crippen LogP contribution in [0.5, 0.6) is 0 Å². The summed E-state index contributed by atoms with van der Waals surface area (Å²) < 4.78 is 4.68. The van der Waals surface area contributed by atoms with Gasteiger partial charge < -0.3 is 4.90 Å². The number of benzene rings is 1. The van der Waals surface area contributed by atoms with Crippen molar-refractivity contribution in [1.29, 1.82) is 0 Å². The maximum absolute atomic E-state index is 12.8. The summed E-state index contributed by atoms with van der Waals surface area (Å²) in [4.78, 5) is 31.3. The van der Waals surface area contributed by atoms with Crippen LogP contribution in [0.2, 0.25) is 0 Å².